The van der Waals surface area contributed by atoms with Crippen LogP contribution in [0, 0.1) is 0 Å². The molecule has 0 radical (unpaired) electrons. The van der Waals surface area contributed by atoms with Crippen LogP contribution in [0.3, 0.4) is 0 Å². The number of hydrogen-bond donors (Lipinski definition) is 2. The van der Waals surface area contributed by atoms with E-state index in [1.165, 1.54) is 31.3 Å². The molecule has 2 aliphatic carbocycles. The van der Waals surface area contributed by atoms with Crippen LogP contribution in [0.1, 0.15) is 38.5 Å². The first-order valence-corrected chi connectivity index (χ1v) is 6.95. The van der Waals surface area contributed by atoms with Crippen molar-refractivity contribution >= 4 is 0 Å². The number of aliphatic hydroxyl groups is 1. The molecular formula is C14H26N2O. The molecule has 0 saturated heterocycles. The van der Waals surface area contributed by atoms with Gasteiger partial charge in [0, 0.05) is 25.2 Å². The minimum atomic E-state index is -0.141. The van der Waals surface area contributed by atoms with Crippen molar-refractivity contribution in [1.82, 2.24) is 10.2 Å². The molecule has 0 spiro atoms. The SMILES string of the molecule is C=C(CNC1CC1)CN(C)C1CCCCC1O. The molecule has 2 N–H and O–H groups in total. The summed E-state index contributed by atoms with van der Waals surface area (Å²) in [5, 5.41) is 13.5. The van der Waals surface area contributed by atoms with E-state index >= 15 is 0 Å². The lowest BCUT2D eigenvalue weighted by Gasteiger charge is -2.35. The normalized spacial score (nSPS) is 29.6. The molecule has 0 bridgehead atoms. The Morgan fingerprint density at radius 3 is 2.65 bits per heavy atom. The largest absolute Gasteiger partial charge is 0.391 e. The summed E-state index contributed by atoms with van der Waals surface area (Å²) in [5.41, 5.74) is 1.23. The molecule has 0 heterocycles. The summed E-state index contributed by atoms with van der Waals surface area (Å²) in [6.07, 6.45) is 7.02. The predicted molar refractivity (Wildman–Crippen MR) is 71.1 cm³/mol. The molecule has 17 heavy (non-hydrogen) atoms. The molecule has 0 amide bonds. The lowest BCUT2D eigenvalue weighted by atomic mass is 9.91. The zero-order valence-electron chi connectivity index (χ0n) is 11.0. The second-order valence-corrected chi connectivity index (χ2v) is 5.74. The summed E-state index contributed by atoms with van der Waals surface area (Å²) in [6.45, 7) is 5.96. The number of nitrogens with zero attached hydrogens (tertiary/aromatic N) is 1. The molecule has 0 aromatic carbocycles. The van der Waals surface area contributed by atoms with E-state index in [0.29, 0.717) is 6.04 Å². The molecule has 0 aliphatic heterocycles. The molecule has 98 valence electrons. The van der Waals surface area contributed by atoms with Gasteiger partial charge in [0.15, 0.2) is 0 Å². The van der Waals surface area contributed by atoms with Crippen LogP contribution in [-0.2, 0) is 0 Å². The summed E-state index contributed by atoms with van der Waals surface area (Å²) in [5.74, 6) is 0. The van der Waals surface area contributed by atoms with Gasteiger partial charge in [-0.3, -0.25) is 4.90 Å². The van der Waals surface area contributed by atoms with E-state index in [1.54, 1.807) is 0 Å². The van der Waals surface area contributed by atoms with Crippen molar-refractivity contribution in [3.8, 4) is 0 Å². The molecule has 3 heteroatoms. The fraction of sp³-hybridized carbons (Fsp3) is 0.857. The fourth-order valence-corrected chi connectivity index (χ4v) is 2.71. The van der Waals surface area contributed by atoms with Crippen molar-refractivity contribution in [2.75, 3.05) is 20.1 Å². The van der Waals surface area contributed by atoms with Crippen LogP contribution < -0.4 is 5.32 Å². The second kappa shape index (κ2) is 5.98. The second-order valence-electron chi connectivity index (χ2n) is 5.74. The number of likely N-dealkylation sites (N-methyl/N-ethyl adjacent to an activating group) is 1. The van der Waals surface area contributed by atoms with Gasteiger partial charge in [-0.2, -0.15) is 0 Å². The standard InChI is InChI=1S/C14H26N2O/c1-11(9-15-12-7-8-12)10-16(2)13-5-3-4-6-14(13)17/h12-15,17H,1,3-10H2,2H3. The van der Waals surface area contributed by atoms with E-state index in [-0.39, 0.29) is 6.10 Å². The molecule has 3 nitrogen and oxygen atoms in total. The highest BCUT2D eigenvalue weighted by Crippen LogP contribution is 2.23. The Bertz CT molecular complexity index is 263. The predicted octanol–water partition coefficient (Wildman–Crippen LogP) is 1.53. The van der Waals surface area contributed by atoms with Crippen LogP contribution in [0.2, 0.25) is 0 Å². The third-order valence-corrected chi connectivity index (χ3v) is 3.95. The molecule has 0 aromatic heterocycles. The van der Waals surface area contributed by atoms with E-state index < -0.39 is 0 Å². The summed E-state index contributed by atoms with van der Waals surface area (Å²) >= 11 is 0. The molecule has 2 unspecified atom stereocenters. The van der Waals surface area contributed by atoms with Gasteiger partial charge in [0.25, 0.3) is 0 Å². The molecule has 2 fully saturated rings. The lowest BCUT2D eigenvalue weighted by Crippen LogP contribution is -2.44. The molecule has 2 rings (SSSR count). The maximum absolute atomic E-state index is 9.99. The number of aliphatic hydroxyl groups excluding tert-OH is 1. The zero-order chi connectivity index (χ0) is 12.3. The van der Waals surface area contributed by atoms with Gasteiger partial charge in [-0.1, -0.05) is 19.4 Å². The Kier molecular flexibility index (Phi) is 4.60. The first-order valence-electron chi connectivity index (χ1n) is 6.95. The minimum absolute atomic E-state index is 0.141. The highest BCUT2D eigenvalue weighted by atomic mass is 16.3. The van der Waals surface area contributed by atoms with Crippen molar-refractivity contribution in [2.45, 2.75) is 56.7 Å². The van der Waals surface area contributed by atoms with E-state index in [9.17, 15) is 5.11 Å². The average molecular weight is 238 g/mol. The Hall–Kier alpha value is -0.380. The third kappa shape index (κ3) is 4.09. The van der Waals surface area contributed by atoms with Gasteiger partial charge in [0.05, 0.1) is 6.10 Å². The van der Waals surface area contributed by atoms with Gasteiger partial charge in [0.1, 0.15) is 0 Å². The Morgan fingerprint density at radius 2 is 2.00 bits per heavy atom. The van der Waals surface area contributed by atoms with Crippen molar-refractivity contribution in [2.24, 2.45) is 0 Å². The van der Waals surface area contributed by atoms with E-state index in [1.807, 2.05) is 0 Å². The highest BCUT2D eigenvalue weighted by Gasteiger charge is 2.27. The van der Waals surface area contributed by atoms with Crippen LogP contribution in [0.15, 0.2) is 12.2 Å². The molecule has 2 saturated carbocycles. The van der Waals surface area contributed by atoms with Gasteiger partial charge in [-0.15, -0.1) is 0 Å². The van der Waals surface area contributed by atoms with Gasteiger partial charge in [-0.25, -0.2) is 0 Å². The van der Waals surface area contributed by atoms with Crippen LogP contribution in [0.4, 0.5) is 0 Å². The highest BCUT2D eigenvalue weighted by molar-refractivity contribution is 5.02. The Balaban J connectivity index is 1.70. The van der Waals surface area contributed by atoms with Crippen molar-refractivity contribution in [3.05, 3.63) is 12.2 Å². The maximum atomic E-state index is 9.99. The van der Waals surface area contributed by atoms with Crippen LogP contribution in [0.5, 0.6) is 0 Å². The number of nitrogens with one attached hydrogen (secondary N) is 1. The molecule has 2 atom stereocenters. The van der Waals surface area contributed by atoms with Crippen molar-refractivity contribution < 1.29 is 5.11 Å². The van der Waals surface area contributed by atoms with E-state index in [4.69, 9.17) is 0 Å². The first kappa shape index (κ1) is 13.1. The first-order chi connectivity index (χ1) is 8.16. The van der Waals surface area contributed by atoms with Crippen LogP contribution >= 0.6 is 0 Å². The quantitative estimate of drug-likeness (QED) is 0.689. The molecular weight excluding hydrogens is 212 g/mol. The molecule has 2 aliphatic rings. The van der Waals surface area contributed by atoms with Crippen molar-refractivity contribution in [3.63, 3.8) is 0 Å². The third-order valence-electron chi connectivity index (χ3n) is 3.95. The van der Waals surface area contributed by atoms with Crippen LogP contribution in [0.25, 0.3) is 0 Å². The smallest absolute Gasteiger partial charge is 0.0695 e. The van der Waals surface area contributed by atoms with Gasteiger partial charge in [0.2, 0.25) is 0 Å². The van der Waals surface area contributed by atoms with Crippen molar-refractivity contribution in [1.29, 1.82) is 0 Å². The molecule has 0 aromatic rings. The van der Waals surface area contributed by atoms with Gasteiger partial charge >= 0.3 is 0 Å². The fourth-order valence-electron chi connectivity index (χ4n) is 2.71. The van der Waals surface area contributed by atoms with E-state index in [2.05, 4.69) is 23.8 Å². The number of rotatable bonds is 6. The summed E-state index contributed by atoms with van der Waals surface area (Å²) in [7, 11) is 2.11. The Labute approximate surface area is 105 Å². The van der Waals surface area contributed by atoms with E-state index in [0.717, 1.165) is 32.0 Å². The van der Waals surface area contributed by atoms with Gasteiger partial charge < -0.3 is 10.4 Å². The number of hydrogen-bond acceptors (Lipinski definition) is 3. The lowest BCUT2D eigenvalue weighted by molar-refractivity contribution is 0.0361. The zero-order valence-corrected chi connectivity index (χ0v) is 11.0. The maximum Gasteiger partial charge on any atom is 0.0695 e. The van der Waals surface area contributed by atoms with Gasteiger partial charge in [-0.05, 0) is 38.3 Å². The average Bonchev–Trinajstić information content (AvgIpc) is 3.10. The Morgan fingerprint density at radius 1 is 1.29 bits per heavy atom. The summed E-state index contributed by atoms with van der Waals surface area (Å²) in [4.78, 5) is 2.28. The summed E-state index contributed by atoms with van der Waals surface area (Å²) in [6, 6.07) is 1.08. The topological polar surface area (TPSA) is 35.5 Å². The monoisotopic (exact) mass is 238 g/mol. The van der Waals surface area contributed by atoms with Crippen LogP contribution in [-0.4, -0.2) is 48.3 Å². The summed E-state index contributed by atoms with van der Waals surface area (Å²) < 4.78 is 0. The minimum Gasteiger partial charge on any atom is -0.391 e.